The highest BCUT2D eigenvalue weighted by atomic mass is 35.5. The monoisotopic (exact) mass is 340 g/mol. The van der Waals surface area contributed by atoms with Gasteiger partial charge in [0.05, 0.1) is 11.3 Å². The fraction of sp³-hybridized carbons (Fsp3) is 0.250. The van der Waals surface area contributed by atoms with E-state index in [2.05, 4.69) is 0 Å². The number of benzene rings is 1. The molecule has 0 saturated heterocycles. The predicted molar refractivity (Wildman–Crippen MR) is 67.5 cm³/mol. The lowest BCUT2D eigenvalue weighted by molar-refractivity contribution is -0.146. The van der Waals surface area contributed by atoms with Crippen LogP contribution in [0.15, 0.2) is 30.0 Å². The fourth-order valence-electron chi connectivity index (χ4n) is 1.83. The van der Waals surface area contributed by atoms with Gasteiger partial charge in [-0.05, 0) is 18.2 Å². The van der Waals surface area contributed by atoms with E-state index in [9.17, 15) is 32.6 Å². The zero-order valence-corrected chi connectivity index (χ0v) is 11.4. The van der Waals surface area contributed by atoms with E-state index < -0.39 is 41.5 Å². The first-order valence-electron chi connectivity index (χ1n) is 5.78. The van der Waals surface area contributed by atoms with Crippen LogP contribution in [0.4, 0.5) is 17.6 Å². The topological polar surface area (TPSA) is 72.8 Å². The van der Waals surface area contributed by atoms with Crippen LogP contribution in [0.3, 0.4) is 0 Å². The van der Waals surface area contributed by atoms with Crippen LogP contribution in [0, 0.1) is 0 Å². The van der Waals surface area contributed by atoms with Gasteiger partial charge in [0.2, 0.25) is 5.72 Å². The summed E-state index contributed by atoms with van der Waals surface area (Å²) in [5.41, 5.74) is -3.16. The molecule has 3 N–H and O–H groups in total. The van der Waals surface area contributed by atoms with Crippen LogP contribution in [0.5, 0.6) is 5.75 Å². The minimum absolute atomic E-state index is 0.00276. The summed E-state index contributed by atoms with van der Waals surface area (Å²) in [7, 11) is 0. The van der Waals surface area contributed by atoms with Crippen LogP contribution in [-0.4, -0.2) is 39.7 Å². The van der Waals surface area contributed by atoms with Gasteiger partial charge in [-0.1, -0.05) is 11.6 Å². The quantitative estimate of drug-likeness (QED) is 0.737. The Morgan fingerprint density at radius 1 is 1.32 bits per heavy atom. The maximum atomic E-state index is 13.0. The van der Waals surface area contributed by atoms with Crippen molar-refractivity contribution >= 4 is 17.5 Å². The first kappa shape index (κ1) is 16.4. The van der Waals surface area contributed by atoms with Gasteiger partial charge in [-0.15, -0.1) is 0 Å². The summed E-state index contributed by atoms with van der Waals surface area (Å²) in [6, 6.07) is 3.20. The van der Waals surface area contributed by atoms with Gasteiger partial charge in [0.1, 0.15) is 5.75 Å². The summed E-state index contributed by atoms with van der Waals surface area (Å²) in [6.07, 6.45) is -6.63. The second kappa shape index (κ2) is 5.65. The van der Waals surface area contributed by atoms with Gasteiger partial charge in [-0.25, -0.2) is 22.6 Å². The largest absolute Gasteiger partial charge is 0.507 e. The summed E-state index contributed by atoms with van der Waals surface area (Å²) < 4.78 is 51.3. The molecule has 22 heavy (non-hydrogen) atoms. The average molecular weight is 341 g/mol. The number of nitrogens with one attached hydrogen (secondary N) is 1. The number of alkyl halides is 4. The Balaban J connectivity index is 2.43. The summed E-state index contributed by atoms with van der Waals surface area (Å²) >= 11 is 5.63. The molecule has 0 bridgehead atoms. The lowest BCUT2D eigenvalue weighted by atomic mass is 10.1. The Labute approximate surface area is 126 Å². The third-order valence-corrected chi connectivity index (χ3v) is 3.15. The minimum Gasteiger partial charge on any atom is -0.507 e. The van der Waals surface area contributed by atoms with E-state index in [0.29, 0.717) is 0 Å². The number of hydrogen-bond acceptors (Lipinski definition) is 4. The molecule has 1 atom stereocenters. The van der Waals surface area contributed by atoms with Crippen LogP contribution in [0.2, 0.25) is 5.02 Å². The molecule has 0 radical (unpaired) electrons. The van der Waals surface area contributed by atoms with Crippen LogP contribution >= 0.6 is 11.6 Å². The van der Waals surface area contributed by atoms with E-state index in [-0.39, 0.29) is 16.1 Å². The maximum Gasteiger partial charge on any atom is 0.291 e. The molecule has 0 aromatic heterocycles. The molecule has 5 nitrogen and oxygen atoms in total. The van der Waals surface area contributed by atoms with Gasteiger partial charge in [-0.2, -0.15) is 0 Å². The fourth-order valence-corrected chi connectivity index (χ4v) is 2.00. The lowest BCUT2D eigenvalue weighted by Gasteiger charge is -2.31. The molecule has 1 aromatic carbocycles. The van der Waals surface area contributed by atoms with Gasteiger partial charge in [-0.3, -0.25) is 10.2 Å². The van der Waals surface area contributed by atoms with Crippen molar-refractivity contribution in [1.82, 2.24) is 10.4 Å². The molecule has 1 unspecified atom stereocenters. The number of allylic oxidation sites excluding steroid dienone is 1. The highest BCUT2D eigenvalue weighted by Gasteiger charge is 2.51. The first-order chi connectivity index (χ1) is 10.2. The Morgan fingerprint density at radius 3 is 2.50 bits per heavy atom. The number of rotatable bonds is 3. The van der Waals surface area contributed by atoms with E-state index in [1.807, 2.05) is 0 Å². The highest BCUT2D eigenvalue weighted by molar-refractivity contribution is 6.31. The first-order valence-corrected chi connectivity index (χ1v) is 6.15. The number of phenolic OH excluding ortho intramolecular Hbond substituents is 1. The Hall–Kier alpha value is -2.00. The number of amides is 1. The number of hydrogen-bond donors (Lipinski definition) is 3. The van der Waals surface area contributed by atoms with Crippen LogP contribution in [0.1, 0.15) is 10.4 Å². The summed E-state index contributed by atoms with van der Waals surface area (Å²) in [5.74, 6) is -1.96. The maximum absolute atomic E-state index is 13.0. The molecule has 1 aliphatic rings. The van der Waals surface area contributed by atoms with Crippen molar-refractivity contribution in [3.63, 3.8) is 0 Å². The molecule has 1 aromatic rings. The van der Waals surface area contributed by atoms with Crippen molar-refractivity contribution in [2.24, 2.45) is 0 Å². The molecule has 2 rings (SSSR count). The second-order valence-corrected chi connectivity index (χ2v) is 4.83. The van der Waals surface area contributed by atoms with Gasteiger partial charge in [0.25, 0.3) is 18.8 Å². The van der Waals surface area contributed by atoms with Gasteiger partial charge in [0, 0.05) is 11.1 Å². The van der Waals surface area contributed by atoms with E-state index in [1.54, 1.807) is 5.43 Å². The molecule has 120 valence electrons. The molecule has 0 aliphatic carbocycles. The third-order valence-electron chi connectivity index (χ3n) is 2.92. The van der Waals surface area contributed by atoms with Crippen LogP contribution in [-0.2, 0) is 0 Å². The molecule has 10 heteroatoms. The van der Waals surface area contributed by atoms with E-state index >= 15 is 0 Å². The van der Waals surface area contributed by atoms with Gasteiger partial charge >= 0.3 is 0 Å². The highest BCUT2D eigenvalue weighted by Crippen LogP contribution is 2.33. The van der Waals surface area contributed by atoms with Crippen molar-refractivity contribution in [2.75, 3.05) is 0 Å². The summed E-state index contributed by atoms with van der Waals surface area (Å²) in [5, 5.41) is 19.3. The zero-order valence-electron chi connectivity index (χ0n) is 10.6. The number of halogens is 5. The number of carbonyl (C=O) groups excluding carboxylic acids is 1. The van der Waals surface area contributed by atoms with Crippen molar-refractivity contribution in [3.8, 4) is 5.75 Å². The molecule has 1 aliphatic heterocycles. The van der Waals surface area contributed by atoms with Gasteiger partial charge < -0.3 is 10.2 Å². The standard InChI is InChI=1S/C12H9ClF4N2O3/c13-5-1-2-8(20)6(3-5)10(21)19-12(22,11(16)17)4-7(18-19)9(14)15/h1-4,9,11,18,20,22H. The minimum atomic E-state index is -3.57. The lowest BCUT2D eigenvalue weighted by Crippen LogP contribution is -2.56. The molecular weight excluding hydrogens is 332 g/mol. The summed E-state index contributed by atoms with van der Waals surface area (Å²) in [4.78, 5) is 12.2. The smallest absolute Gasteiger partial charge is 0.291 e. The van der Waals surface area contributed by atoms with Crippen molar-refractivity contribution < 1.29 is 32.6 Å². The molecule has 0 fully saturated rings. The number of phenols is 1. The normalized spacial score (nSPS) is 21.3. The number of aromatic hydroxyl groups is 1. The van der Waals surface area contributed by atoms with Crippen LogP contribution < -0.4 is 5.43 Å². The average Bonchev–Trinajstić information content (AvgIpc) is 2.80. The number of hydrazine groups is 1. The number of carbonyl (C=O) groups is 1. The molecule has 0 saturated carbocycles. The van der Waals surface area contributed by atoms with Gasteiger partial charge in [0.15, 0.2) is 0 Å². The van der Waals surface area contributed by atoms with Crippen molar-refractivity contribution in [2.45, 2.75) is 18.6 Å². The Kier molecular flexibility index (Phi) is 4.21. The zero-order chi connectivity index (χ0) is 16.7. The Morgan fingerprint density at radius 2 is 1.95 bits per heavy atom. The SMILES string of the molecule is O=C(c1cc(Cl)ccc1O)N1NC(C(F)F)=CC1(O)C(F)F. The Bertz CT molecular complexity index is 641. The van der Waals surface area contributed by atoms with E-state index in [1.165, 1.54) is 6.07 Å². The predicted octanol–water partition coefficient (Wildman–Crippen LogP) is 2.11. The summed E-state index contributed by atoms with van der Waals surface area (Å²) in [6.45, 7) is 0. The third kappa shape index (κ3) is 2.69. The molecular formula is C12H9ClF4N2O3. The number of aliphatic hydroxyl groups is 1. The molecule has 1 heterocycles. The van der Waals surface area contributed by atoms with Crippen molar-refractivity contribution in [1.29, 1.82) is 0 Å². The van der Waals surface area contributed by atoms with Crippen molar-refractivity contribution in [3.05, 3.63) is 40.6 Å². The molecule has 0 spiro atoms. The van der Waals surface area contributed by atoms with E-state index in [0.717, 1.165) is 12.1 Å². The van der Waals surface area contributed by atoms with Crippen LogP contribution in [0.25, 0.3) is 0 Å². The van der Waals surface area contributed by atoms with E-state index in [4.69, 9.17) is 11.6 Å². The molecule has 1 amide bonds. The number of nitrogens with zero attached hydrogens (tertiary/aromatic N) is 1. The second-order valence-electron chi connectivity index (χ2n) is 4.40.